The zero-order valence-electron chi connectivity index (χ0n) is 21.3. The van der Waals surface area contributed by atoms with E-state index in [0.29, 0.717) is 11.0 Å². The number of hydrogen-bond donors (Lipinski definition) is 1. The second-order valence-corrected chi connectivity index (χ2v) is 9.32. The third-order valence-corrected chi connectivity index (χ3v) is 6.52. The van der Waals surface area contributed by atoms with Crippen molar-refractivity contribution >= 4 is 28.8 Å². The van der Waals surface area contributed by atoms with Gasteiger partial charge in [0.15, 0.2) is 5.76 Å². The van der Waals surface area contributed by atoms with Crippen LogP contribution in [-0.2, 0) is 9.47 Å². The van der Waals surface area contributed by atoms with Crippen LogP contribution in [-0.4, -0.2) is 31.2 Å². The summed E-state index contributed by atoms with van der Waals surface area (Å²) in [7, 11) is 0. The Balaban J connectivity index is 1.94. The predicted molar refractivity (Wildman–Crippen MR) is 137 cm³/mol. The Kier molecular flexibility index (Phi) is 7.82. The quantitative estimate of drug-likeness (QED) is 0.364. The van der Waals surface area contributed by atoms with Gasteiger partial charge in [0.05, 0.1) is 18.6 Å². The number of rotatable bonds is 8. The highest BCUT2D eigenvalue weighted by Gasteiger charge is 2.35. The second kappa shape index (κ2) is 11.0. The van der Waals surface area contributed by atoms with Gasteiger partial charge in [-0.15, -0.1) is 0 Å². The molecule has 2 aromatic heterocycles. The Morgan fingerprint density at radius 2 is 1.69 bits per heavy atom. The van der Waals surface area contributed by atoms with E-state index >= 15 is 0 Å². The minimum absolute atomic E-state index is 0.0358. The third kappa shape index (κ3) is 5.03. The summed E-state index contributed by atoms with van der Waals surface area (Å²) in [6, 6.07) is 5.53. The predicted octanol–water partition coefficient (Wildman–Crippen LogP) is 6.27. The normalized spacial score (nSPS) is 14.2. The summed E-state index contributed by atoms with van der Waals surface area (Å²) in [6.07, 6.45) is 6.33. The molecule has 192 valence electrons. The number of carbonyl (C=O) groups is 2. The van der Waals surface area contributed by atoms with Gasteiger partial charge in [-0.1, -0.05) is 39.2 Å². The highest BCUT2D eigenvalue weighted by atomic mass is 16.5. The fourth-order valence-corrected chi connectivity index (χ4v) is 4.62. The topological polar surface area (TPSA) is 108 Å². The second-order valence-electron chi connectivity index (χ2n) is 9.32. The molecule has 0 aliphatic heterocycles. The number of carbonyl (C=O) groups excluding carboxylic acids is 2. The number of benzene rings is 1. The van der Waals surface area contributed by atoms with Crippen molar-refractivity contribution in [1.82, 2.24) is 0 Å². The van der Waals surface area contributed by atoms with Crippen LogP contribution in [0.4, 0.5) is 5.88 Å². The van der Waals surface area contributed by atoms with Crippen molar-refractivity contribution in [2.24, 2.45) is 0 Å². The van der Waals surface area contributed by atoms with Gasteiger partial charge < -0.3 is 23.6 Å². The lowest BCUT2D eigenvalue weighted by Gasteiger charge is -2.22. The molecular weight excluding hydrogens is 462 g/mol. The molecule has 8 heteroatoms. The minimum Gasteiger partial charge on any atom is -0.463 e. The maximum Gasteiger partial charge on any atom is 0.344 e. The number of anilines is 1. The van der Waals surface area contributed by atoms with Gasteiger partial charge in [-0.2, -0.15) is 0 Å². The van der Waals surface area contributed by atoms with Gasteiger partial charge in [0.2, 0.25) is 11.3 Å². The van der Waals surface area contributed by atoms with Crippen molar-refractivity contribution in [3.05, 3.63) is 51.4 Å². The average Bonchev–Trinajstić information content (AvgIpc) is 3.24. The van der Waals surface area contributed by atoms with E-state index in [4.69, 9.17) is 18.3 Å². The standard InChI is InChI=1S/C28H33NO7/c1-5-33-27(31)22-23(28(32)34-6-2)26(29-18-10-8-7-9-11-18)36-25(22)20-15-35-21-13-12-17(16(3)4)14-19(21)24(20)30/h12-16,18,29H,5-11H2,1-4H3. The zero-order chi connectivity index (χ0) is 25.8. The molecular formula is C28H33NO7. The Morgan fingerprint density at radius 1 is 1.03 bits per heavy atom. The molecule has 8 nitrogen and oxygen atoms in total. The molecule has 0 spiro atoms. The Bertz CT molecular complexity index is 1310. The van der Waals surface area contributed by atoms with E-state index in [1.165, 1.54) is 6.26 Å². The van der Waals surface area contributed by atoms with Crippen molar-refractivity contribution in [3.63, 3.8) is 0 Å². The van der Waals surface area contributed by atoms with Crippen molar-refractivity contribution in [2.75, 3.05) is 18.5 Å². The number of esters is 2. The van der Waals surface area contributed by atoms with E-state index in [2.05, 4.69) is 5.32 Å². The van der Waals surface area contributed by atoms with Gasteiger partial charge in [0.25, 0.3) is 0 Å². The van der Waals surface area contributed by atoms with Crippen molar-refractivity contribution < 1.29 is 27.9 Å². The summed E-state index contributed by atoms with van der Waals surface area (Å²) >= 11 is 0. The van der Waals surface area contributed by atoms with Crippen LogP contribution in [0.5, 0.6) is 0 Å². The van der Waals surface area contributed by atoms with Crippen LogP contribution in [0, 0.1) is 0 Å². The first-order chi connectivity index (χ1) is 17.3. The third-order valence-electron chi connectivity index (χ3n) is 6.52. The molecule has 3 aromatic rings. The summed E-state index contributed by atoms with van der Waals surface area (Å²) in [4.78, 5) is 39.8. The summed E-state index contributed by atoms with van der Waals surface area (Å²) in [5, 5.41) is 3.65. The van der Waals surface area contributed by atoms with Gasteiger partial charge in [-0.25, -0.2) is 9.59 Å². The van der Waals surface area contributed by atoms with Crippen LogP contribution in [0.15, 0.2) is 38.1 Å². The number of nitrogens with one attached hydrogen (secondary N) is 1. The Morgan fingerprint density at radius 3 is 2.33 bits per heavy atom. The molecule has 1 aliphatic rings. The number of furan rings is 1. The molecule has 0 atom stereocenters. The fourth-order valence-electron chi connectivity index (χ4n) is 4.62. The van der Waals surface area contributed by atoms with Gasteiger partial charge in [-0.3, -0.25) is 4.79 Å². The molecule has 0 bridgehead atoms. The highest BCUT2D eigenvalue weighted by molar-refractivity contribution is 6.10. The molecule has 1 N–H and O–H groups in total. The van der Waals surface area contributed by atoms with Crippen LogP contribution >= 0.6 is 0 Å². The molecule has 0 unspecified atom stereocenters. The first-order valence-electron chi connectivity index (χ1n) is 12.7. The molecule has 0 amide bonds. The lowest BCUT2D eigenvalue weighted by Crippen LogP contribution is -2.23. The molecule has 1 saturated carbocycles. The van der Waals surface area contributed by atoms with Gasteiger partial charge in [0.1, 0.15) is 28.5 Å². The molecule has 0 radical (unpaired) electrons. The maximum atomic E-state index is 13.6. The highest BCUT2D eigenvalue weighted by Crippen LogP contribution is 2.37. The first-order valence-corrected chi connectivity index (χ1v) is 12.7. The summed E-state index contributed by atoms with van der Waals surface area (Å²) in [5.41, 5.74) is 0.866. The average molecular weight is 496 g/mol. The van der Waals surface area contributed by atoms with E-state index in [0.717, 1.165) is 37.7 Å². The van der Waals surface area contributed by atoms with E-state index in [1.54, 1.807) is 26.0 Å². The molecule has 1 aliphatic carbocycles. The number of hydrogen-bond acceptors (Lipinski definition) is 8. The van der Waals surface area contributed by atoms with Gasteiger partial charge in [-0.05, 0) is 50.3 Å². The summed E-state index contributed by atoms with van der Waals surface area (Å²) in [5.74, 6) is -1.25. The van der Waals surface area contributed by atoms with Crippen LogP contribution in [0.2, 0.25) is 0 Å². The first kappa shape index (κ1) is 25.5. The molecule has 36 heavy (non-hydrogen) atoms. The Labute approximate surface area is 209 Å². The summed E-state index contributed by atoms with van der Waals surface area (Å²) in [6.45, 7) is 7.61. The largest absolute Gasteiger partial charge is 0.463 e. The van der Waals surface area contributed by atoms with Crippen LogP contribution in [0.3, 0.4) is 0 Å². The smallest absolute Gasteiger partial charge is 0.344 e. The lowest BCUT2D eigenvalue weighted by atomic mass is 9.95. The number of ether oxygens (including phenoxy) is 2. The maximum absolute atomic E-state index is 13.6. The van der Waals surface area contributed by atoms with E-state index in [1.807, 2.05) is 19.9 Å². The van der Waals surface area contributed by atoms with Gasteiger partial charge in [0, 0.05) is 6.04 Å². The van der Waals surface area contributed by atoms with E-state index in [9.17, 15) is 14.4 Å². The molecule has 1 aromatic carbocycles. The monoisotopic (exact) mass is 495 g/mol. The van der Waals surface area contributed by atoms with Crippen LogP contribution in [0.1, 0.15) is 92.0 Å². The summed E-state index contributed by atoms with van der Waals surface area (Å²) < 4.78 is 22.4. The minimum atomic E-state index is -0.772. The SMILES string of the molecule is CCOC(=O)c1c(NC2CCCCC2)oc(-c2coc3ccc(C(C)C)cc3c2=O)c1C(=O)OCC. The van der Waals surface area contributed by atoms with Crippen molar-refractivity contribution in [2.45, 2.75) is 71.8 Å². The lowest BCUT2D eigenvalue weighted by molar-refractivity contribution is 0.0481. The molecule has 2 heterocycles. The fraction of sp³-hybridized carbons (Fsp3) is 0.464. The van der Waals surface area contributed by atoms with E-state index in [-0.39, 0.29) is 58.9 Å². The van der Waals surface area contributed by atoms with Crippen LogP contribution in [0.25, 0.3) is 22.3 Å². The molecule has 4 rings (SSSR count). The Hall–Kier alpha value is -3.55. The molecule has 0 saturated heterocycles. The molecule has 1 fully saturated rings. The number of fused-ring (bicyclic) bond motifs is 1. The van der Waals surface area contributed by atoms with E-state index < -0.39 is 11.9 Å². The van der Waals surface area contributed by atoms with Crippen molar-refractivity contribution in [3.8, 4) is 11.3 Å². The van der Waals surface area contributed by atoms with Crippen molar-refractivity contribution in [1.29, 1.82) is 0 Å². The zero-order valence-corrected chi connectivity index (χ0v) is 21.3. The van der Waals surface area contributed by atoms with Gasteiger partial charge >= 0.3 is 11.9 Å². The van der Waals surface area contributed by atoms with Crippen LogP contribution < -0.4 is 10.7 Å².